The monoisotopic (exact) mass is 280 g/mol. The summed E-state index contributed by atoms with van der Waals surface area (Å²) in [5.41, 5.74) is 0. The fourth-order valence-corrected chi connectivity index (χ4v) is 1.20. The summed E-state index contributed by atoms with van der Waals surface area (Å²) in [5, 5.41) is 0.797. The first kappa shape index (κ1) is 14.4. The van der Waals surface area contributed by atoms with Crippen molar-refractivity contribution in [1.29, 1.82) is 0 Å². The Hall–Kier alpha value is -0.580. The van der Waals surface area contributed by atoms with E-state index in [-0.39, 0.29) is 11.9 Å². The van der Waals surface area contributed by atoms with E-state index in [0.717, 1.165) is 11.8 Å². The molecule has 4 nitrogen and oxygen atoms in total. The minimum Gasteiger partial charge on any atom is -0.466 e. The van der Waals surface area contributed by atoms with Gasteiger partial charge in [0.25, 0.3) is 0 Å². The van der Waals surface area contributed by atoms with E-state index in [9.17, 15) is 9.59 Å². The van der Waals surface area contributed by atoms with Crippen LogP contribution in [0, 0.1) is 0 Å². The first-order valence-corrected chi connectivity index (χ1v) is 6.20. The molecule has 0 aliphatic heterocycles. The zero-order valence-corrected chi connectivity index (χ0v) is 10.5. The standard InChI is InChI=1S/C10H17BrO4/c1-2-14-9(12)6-4-8-15-10(13)5-3-7-11/h2-8H2,1H3. The number of halogens is 1. The number of esters is 2. The van der Waals surface area contributed by atoms with Gasteiger partial charge in [-0.1, -0.05) is 15.9 Å². The molecule has 0 N–H and O–H groups in total. The summed E-state index contributed by atoms with van der Waals surface area (Å²) in [6, 6.07) is 0. The summed E-state index contributed by atoms with van der Waals surface area (Å²) in [6.45, 7) is 2.45. The van der Waals surface area contributed by atoms with E-state index < -0.39 is 0 Å². The van der Waals surface area contributed by atoms with Gasteiger partial charge < -0.3 is 9.47 Å². The largest absolute Gasteiger partial charge is 0.466 e. The van der Waals surface area contributed by atoms with E-state index in [1.807, 2.05) is 0 Å². The molecule has 0 spiro atoms. The van der Waals surface area contributed by atoms with E-state index in [1.54, 1.807) is 6.92 Å². The smallest absolute Gasteiger partial charge is 0.305 e. The molecule has 0 atom stereocenters. The number of hydrogen-bond donors (Lipinski definition) is 0. The zero-order valence-electron chi connectivity index (χ0n) is 8.96. The molecule has 15 heavy (non-hydrogen) atoms. The fraction of sp³-hybridized carbons (Fsp3) is 0.800. The van der Waals surface area contributed by atoms with Crippen LogP contribution in [0.4, 0.5) is 0 Å². The molecule has 0 aliphatic rings. The van der Waals surface area contributed by atoms with Gasteiger partial charge in [-0.3, -0.25) is 9.59 Å². The molecule has 0 saturated carbocycles. The van der Waals surface area contributed by atoms with Gasteiger partial charge in [-0.25, -0.2) is 0 Å². The second-order valence-corrected chi connectivity index (χ2v) is 3.71. The molecule has 0 rings (SSSR count). The third kappa shape index (κ3) is 9.72. The lowest BCUT2D eigenvalue weighted by atomic mass is 10.3. The first-order chi connectivity index (χ1) is 7.20. The summed E-state index contributed by atoms with van der Waals surface area (Å²) in [5.74, 6) is -0.452. The molecule has 0 aliphatic carbocycles. The average molecular weight is 281 g/mol. The Labute approximate surface area is 98.4 Å². The Bertz CT molecular complexity index is 194. The lowest BCUT2D eigenvalue weighted by Crippen LogP contribution is -2.09. The minimum absolute atomic E-state index is 0.210. The third-order valence-corrected chi connectivity index (χ3v) is 2.17. The molecule has 0 saturated heterocycles. The Morgan fingerprint density at radius 1 is 1.07 bits per heavy atom. The van der Waals surface area contributed by atoms with Crippen molar-refractivity contribution in [2.24, 2.45) is 0 Å². The van der Waals surface area contributed by atoms with Crippen LogP contribution in [-0.2, 0) is 19.1 Å². The van der Waals surface area contributed by atoms with E-state index in [4.69, 9.17) is 9.47 Å². The van der Waals surface area contributed by atoms with Crippen molar-refractivity contribution in [3.8, 4) is 0 Å². The van der Waals surface area contributed by atoms with Crippen LogP contribution in [0.5, 0.6) is 0 Å². The number of carbonyl (C=O) groups is 2. The fourth-order valence-electron chi connectivity index (χ4n) is 0.919. The summed E-state index contributed by atoms with van der Waals surface area (Å²) in [4.78, 5) is 21.9. The Morgan fingerprint density at radius 2 is 1.67 bits per heavy atom. The third-order valence-electron chi connectivity index (χ3n) is 1.61. The van der Waals surface area contributed by atoms with Crippen LogP contribution in [0.1, 0.15) is 32.6 Å². The highest BCUT2D eigenvalue weighted by Gasteiger charge is 2.04. The van der Waals surface area contributed by atoms with Crippen LogP contribution < -0.4 is 0 Å². The Morgan fingerprint density at radius 3 is 2.27 bits per heavy atom. The number of ether oxygens (including phenoxy) is 2. The minimum atomic E-state index is -0.242. The SMILES string of the molecule is CCOC(=O)CCCOC(=O)CCCBr. The quantitative estimate of drug-likeness (QED) is 0.388. The van der Waals surface area contributed by atoms with Gasteiger partial charge in [-0.2, -0.15) is 0 Å². The maximum absolute atomic E-state index is 11.0. The maximum atomic E-state index is 11.0. The van der Waals surface area contributed by atoms with Crippen molar-refractivity contribution in [1.82, 2.24) is 0 Å². The lowest BCUT2D eigenvalue weighted by Gasteiger charge is -2.04. The van der Waals surface area contributed by atoms with Gasteiger partial charge in [0, 0.05) is 18.2 Å². The van der Waals surface area contributed by atoms with Gasteiger partial charge in [0.1, 0.15) is 0 Å². The zero-order chi connectivity index (χ0) is 11.5. The van der Waals surface area contributed by atoms with Gasteiger partial charge in [-0.15, -0.1) is 0 Å². The Balaban J connectivity index is 3.30. The van der Waals surface area contributed by atoms with E-state index in [0.29, 0.717) is 32.5 Å². The van der Waals surface area contributed by atoms with Crippen molar-refractivity contribution < 1.29 is 19.1 Å². The summed E-state index contributed by atoms with van der Waals surface area (Å²) in [6.07, 6.45) is 2.03. The highest BCUT2D eigenvalue weighted by molar-refractivity contribution is 9.09. The van der Waals surface area contributed by atoms with Crippen molar-refractivity contribution in [3.05, 3.63) is 0 Å². The molecule has 88 valence electrons. The molecule has 0 aromatic rings. The second-order valence-electron chi connectivity index (χ2n) is 2.92. The molecule has 0 aromatic carbocycles. The summed E-state index contributed by atoms with van der Waals surface area (Å²) >= 11 is 3.23. The highest BCUT2D eigenvalue weighted by atomic mass is 79.9. The van der Waals surface area contributed by atoms with E-state index in [1.165, 1.54) is 0 Å². The van der Waals surface area contributed by atoms with E-state index in [2.05, 4.69) is 15.9 Å². The maximum Gasteiger partial charge on any atom is 0.305 e. The average Bonchev–Trinajstić information content (AvgIpc) is 2.22. The predicted octanol–water partition coefficient (Wildman–Crippen LogP) is 2.05. The van der Waals surface area contributed by atoms with Crippen molar-refractivity contribution in [3.63, 3.8) is 0 Å². The molecular formula is C10H17BrO4. The molecule has 0 fully saturated rings. The van der Waals surface area contributed by atoms with Gasteiger partial charge in [0.15, 0.2) is 0 Å². The molecule has 0 heterocycles. The van der Waals surface area contributed by atoms with Crippen LogP contribution in [0.2, 0.25) is 0 Å². The van der Waals surface area contributed by atoms with Crippen LogP contribution in [0.25, 0.3) is 0 Å². The molecule has 5 heteroatoms. The molecule has 0 radical (unpaired) electrons. The molecule has 0 bridgehead atoms. The number of alkyl halides is 1. The normalized spacial score (nSPS) is 9.73. The topological polar surface area (TPSA) is 52.6 Å². The number of rotatable bonds is 8. The van der Waals surface area contributed by atoms with Crippen molar-refractivity contribution in [2.75, 3.05) is 18.5 Å². The van der Waals surface area contributed by atoms with Crippen LogP contribution in [-0.4, -0.2) is 30.5 Å². The van der Waals surface area contributed by atoms with Crippen LogP contribution in [0.15, 0.2) is 0 Å². The van der Waals surface area contributed by atoms with Crippen molar-refractivity contribution in [2.45, 2.75) is 32.6 Å². The lowest BCUT2D eigenvalue weighted by molar-refractivity contribution is -0.147. The van der Waals surface area contributed by atoms with Gasteiger partial charge in [-0.05, 0) is 19.8 Å². The predicted molar refractivity (Wildman–Crippen MR) is 59.9 cm³/mol. The van der Waals surface area contributed by atoms with Crippen molar-refractivity contribution >= 4 is 27.9 Å². The summed E-state index contributed by atoms with van der Waals surface area (Å²) in [7, 11) is 0. The Kier molecular flexibility index (Phi) is 9.57. The van der Waals surface area contributed by atoms with E-state index >= 15 is 0 Å². The van der Waals surface area contributed by atoms with Gasteiger partial charge in [0.05, 0.1) is 13.2 Å². The second kappa shape index (κ2) is 9.96. The first-order valence-electron chi connectivity index (χ1n) is 5.08. The number of carbonyl (C=O) groups excluding carboxylic acids is 2. The number of hydrogen-bond acceptors (Lipinski definition) is 4. The molecule has 0 aromatic heterocycles. The van der Waals surface area contributed by atoms with Gasteiger partial charge >= 0.3 is 11.9 Å². The van der Waals surface area contributed by atoms with Crippen LogP contribution in [0.3, 0.4) is 0 Å². The van der Waals surface area contributed by atoms with Gasteiger partial charge in [0.2, 0.25) is 0 Å². The molecular weight excluding hydrogens is 264 g/mol. The van der Waals surface area contributed by atoms with Crippen LogP contribution >= 0.6 is 15.9 Å². The molecule has 0 unspecified atom stereocenters. The molecule has 0 amide bonds. The highest BCUT2D eigenvalue weighted by Crippen LogP contribution is 1.99. The summed E-state index contributed by atoms with van der Waals surface area (Å²) < 4.78 is 9.63.